The number of anilines is 1. The lowest BCUT2D eigenvalue weighted by Crippen LogP contribution is -2.45. The Balaban J connectivity index is 1.52. The molecule has 0 bridgehead atoms. The zero-order valence-electron chi connectivity index (χ0n) is 22.8. The molecule has 0 atom stereocenters. The Bertz CT molecular complexity index is 1390. The molecule has 4 rings (SSSR count). The van der Waals surface area contributed by atoms with Gasteiger partial charge in [0, 0.05) is 28.0 Å². The summed E-state index contributed by atoms with van der Waals surface area (Å²) in [5.41, 5.74) is 3.76. The van der Waals surface area contributed by atoms with Gasteiger partial charge >= 0.3 is 11.9 Å². The number of halogens is 1. The van der Waals surface area contributed by atoms with Gasteiger partial charge in [-0.05, 0) is 79.3 Å². The van der Waals surface area contributed by atoms with Gasteiger partial charge in [0.1, 0.15) is 5.82 Å². The number of amides is 3. The number of carbonyl (C=O) groups excluding carboxylic acids is 2. The van der Waals surface area contributed by atoms with Crippen molar-refractivity contribution in [2.24, 2.45) is 5.18 Å². The quantitative estimate of drug-likeness (QED) is 0.237. The lowest BCUT2D eigenvalue weighted by molar-refractivity contribution is 0.0997. The summed E-state index contributed by atoms with van der Waals surface area (Å²) in [6.07, 6.45) is 8.47. The Morgan fingerprint density at radius 3 is 2.15 bits per heavy atom. The molecule has 1 N–H and O–H groups in total. The summed E-state index contributed by atoms with van der Waals surface area (Å²) < 4.78 is 14.2. The van der Waals surface area contributed by atoms with Crippen LogP contribution in [0, 0.1) is 22.6 Å². The zero-order chi connectivity index (χ0) is 28.3. The number of nitroso groups, excluding NO2 is 1. The van der Waals surface area contributed by atoms with E-state index in [4.69, 9.17) is 0 Å². The van der Waals surface area contributed by atoms with Crippen LogP contribution in [-0.2, 0) is 13.0 Å². The lowest BCUT2D eigenvalue weighted by Gasteiger charge is -2.29. The van der Waals surface area contributed by atoms with E-state index < -0.39 is 17.3 Å². The third-order valence-corrected chi connectivity index (χ3v) is 7.17. The van der Waals surface area contributed by atoms with E-state index in [-0.39, 0.29) is 18.6 Å². The summed E-state index contributed by atoms with van der Waals surface area (Å²) in [7, 11) is 0. The van der Waals surface area contributed by atoms with Crippen LogP contribution in [0.1, 0.15) is 84.5 Å². The standard InChI is InChI=1S/C33H34FN3O3/c1-2-3-7-24-10-12-25(13-11-24)14-15-26-16-18-27(19-17-26)23-37(33(39)35-28-8-5-4-6-9-28)29-20-21-31(34)30(22-29)32(38)36-40/h10-13,16-22,28H,2-9,23H2,1H3,(H,35,39). The summed E-state index contributed by atoms with van der Waals surface area (Å²) in [5, 5.41) is 5.43. The third kappa shape index (κ3) is 7.86. The molecule has 40 heavy (non-hydrogen) atoms. The maximum Gasteiger partial charge on any atom is 0.322 e. The number of nitrogens with one attached hydrogen (secondary N) is 1. The van der Waals surface area contributed by atoms with Gasteiger partial charge in [0.25, 0.3) is 0 Å². The third-order valence-electron chi connectivity index (χ3n) is 7.17. The first-order valence-corrected chi connectivity index (χ1v) is 13.9. The topological polar surface area (TPSA) is 78.8 Å². The summed E-state index contributed by atoms with van der Waals surface area (Å²) in [6.45, 7) is 2.36. The van der Waals surface area contributed by atoms with E-state index in [2.05, 4.69) is 41.4 Å². The second-order valence-corrected chi connectivity index (χ2v) is 10.2. The highest BCUT2D eigenvalue weighted by molar-refractivity contribution is 5.98. The van der Waals surface area contributed by atoms with E-state index in [0.717, 1.165) is 61.3 Å². The Morgan fingerprint density at radius 2 is 1.55 bits per heavy atom. The molecular formula is C33H34FN3O3. The predicted molar refractivity (Wildman–Crippen MR) is 156 cm³/mol. The Labute approximate surface area is 235 Å². The number of urea groups is 1. The molecule has 206 valence electrons. The van der Waals surface area contributed by atoms with E-state index in [1.165, 1.54) is 35.4 Å². The lowest BCUT2D eigenvalue weighted by atomic mass is 9.96. The molecule has 1 fully saturated rings. The van der Waals surface area contributed by atoms with Crippen molar-refractivity contribution in [3.63, 3.8) is 0 Å². The summed E-state index contributed by atoms with van der Waals surface area (Å²) >= 11 is 0. The second-order valence-electron chi connectivity index (χ2n) is 10.2. The fraction of sp³-hybridized carbons (Fsp3) is 0.333. The van der Waals surface area contributed by atoms with Crippen LogP contribution in [0.2, 0.25) is 0 Å². The first kappa shape index (κ1) is 28.7. The fourth-order valence-electron chi connectivity index (χ4n) is 4.83. The number of benzene rings is 3. The number of hydrogen-bond donors (Lipinski definition) is 1. The molecule has 1 aliphatic rings. The molecule has 3 aromatic rings. The van der Waals surface area contributed by atoms with Crippen LogP contribution >= 0.6 is 0 Å². The molecule has 3 aromatic carbocycles. The molecule has 0 aromatic heterocycles. The van der Waals surface area contributed by atoms with Crippen molar-refractivity contribution in [1.82, 2.24) is 5.32 Å². The second kappa shape index (κ2) is 14.2. The Morgan fingerprint density at radius 1 is 0.925 bits per heavy atom. The van der Waals surface area contributed by atoms with Crippen LogP contribution < -0.4 is 10.2 Å². The predicted octanol–water partition coefficient (Wildman–Crippen LogP) is 7.52. The summed E-state index contributed by atoms with van der Waals surface area (Å²) in [6, 6.07) is 19.3. The van der Waals surface area contributed by atoms with E-state index in [9.17, 15) is 18.9 Å². The molecule has 1 aliphatic carbocycles. The Hall–Kier alpha value is -4.31. The molecule has 6 nitrogen and oxygen atoms in total. The number of nitrogens with zero attached hydrogens (tertiary/aromatic N) is 2. The first-order chi connectivity index (χ1) is 19.5. The molecule has 7 heteroatoms. The van der Waals surface area contributed by atoms with Crippen LogP contribution in [0.25, 0.3) is 0 Å². The largest absolute Gasteiger partial charge is 0.335 e. The minimum atomic E-state index is -1.22. The molecule has 0 aliphatic heterocycles. The van der Waals surface area contributed by atoms with Crippen molar-refractivity contribution in [3.05, 3.63) is 105 Å². The van der Waals surface area contributed by atoms with Crippen LogP contribution in [0.5, 0.6) is 0 Å². The van der Waals surface area contributed by atoms with Gasteiger partial charge in [0.2, 0.25) is 0 Å². The molecule has 0 radical (unpaired) electrons. The van der Waals surface area contributed by atoms with Gasteiger partial charge in [-0.25, -0.2) is 9.18 Å². The average molecular weight is 540 g/mol. The normalized spacial score (nSPS) is 13.2. The minimum Gasteiger partial charge on any atom is -0.335 e. The van der Waals surface area contributed by atoms with Gasteiger partial charge in [-0.2, -0.15) is 0 Å². The van der Waals surface area contributed by atoms with Gasteiger partial charge < -0.3 is 5.32 Å². The van der Waals surface area contributed by atoms with Gasteiger partial charge in [0.15, 0.2) is 0 Å². The minimum absolute atomic E-state index is 0.0558. The molecular weight excluding hydrogens is 505 g/mol. The van der Waals surface area contributed by atoms with Crippen LogP contribution in [0.3, 0.4) is 0 Å². The summed E-state index contributed by atoms with van der Waals surface area (Å²) in [4.78, 5) is 37.5. The van der Waals surface area contributed by atoms with Crippen molar-refractivity contribution < 1.29 is 14.0 Å². The smallest absolute Gasteiger partial charge is 0.322 e. The molecule has 0 unspecified atom stereocenters. The SMILES string of the molecule is CCCCc1ccc(C#Cc2ccc(CN(C(=O)NC3CCCCC3)c3ccc(F)c(C(=O)N=O)c3)cc2)cc1. The van der Waals surface area contributed by atoms with E-state index >= 15 is 0 Å². The summed E-state index contributed by atoms with van der Waals surface area (Å²) in [5.74, 6) is 4.30. The molecule has 3 amide bonds. The van der Waals surface area contributed by atoms with Gasteiger partial charge in [-0.3, -0.25) is 9.69 Å². The number of unbranched alkanes of at least 4 members (excludes halogenated alkanes) is 1. The van der Waals surface area contributed by atoms with Crippen molar-refractivity contribution in [2.45, 2.75) is 70.9 Å². The highest BCUT2D eigenvalue weighted by Crippen LogP contribution is 2.24. The van der Waals surface area contributed by atoms with Crippen molar-refractivity contribution >= 4 is 17.6 Å². The maximum absolute atomic E-state index is 14.2. The number of rotatable bonds is 8. The van der Waals surface area contributed by atoms with Crippen molar-refractivity contribution in [2.75, 3.05) is 4.90 Å². The average Bonchev–Trinajstić information content (AvgIpc) is 2.99. The van der Waals surface area contributed by atoms with E-state index in [1.807, 2.05) is 36.4 Å². The monoisotopic (exact) mass is 539 g/mol. The van der Waals surface area contributed by atoms with Crippen LogP contribution in [0.15, 0.2) is 71.9 Å². The molecule has 0 spiro atoms. The van der Waals surface area contributed by atoms with Crippen LogP contribution in [-0.4, -0.2) is 18.0 Å². The van der Waals surface area contributed by atoms with Crippen LogP contribution in [0.4, 0.5) is 14.9 Å². The van der Waals surface area contributed by atoms with Gasteiger partial charge in [-0.15, -0.1) is 4.91 Å². The van der Waals surface area contributed by atoms with E-state index in [0.29, 0.717) is 5.69 Å². The zero-order valence-corrected chi connectivity index (χ0v) is 22.8. The van der Waals surface area contributed by atoms with Crippen molar-refractivity contribution in [1.29, 1.82) is 0 Å². The highest BCUT2D eigenvalue weighted by atomic mass is 19.1. The Kier molecular flexibility index (Phi) is 10.2. The molecule has 0 heterocycles. The van der Waals surface area contributed by atoms with E-state index in [1.54, 1.807) is 0 Å². The highest BCUT2D eigenvalue weighted by Gasteiger charge is 2.23. The van der Waals surface area contributed by atoms with Gasteiger partial charge in [0.05, 0.1) is 12.1 Å². The number of hydrogen-bond acceptors (Lipinski definition) is 3. The number of aryl methyl sites for hydroxylation is 1. The maximum atomic E-state index is 14.2. The molecule has 0 saturated heterocycles. The first-order valence-electron chi connectivity index (χ1n) is 13.9. The van der Waals surface area contributed by atoms with Gasteiger partial charge in [-0.1, -0.05) is 68.7 Å². The molecule has 1 saturated carbocycles. The number of carbonyl (C=O) groups is 2. The van der Waals surface area contributed by atoms with Crippen molar-refractivity contribution in [3.8, 4) is 11.8 Å². The fourth-order valence-corrected chi connectivity index (χ4v) is 4.83.